The van der Waals surface area contributed by atoms with Crippen molar-refractivity contribution in [3.63, 3.8) is 0 Å². The molecule has 1 aromatic heterocycles. The van der Waals surface area contributed by atoms with E-state index in [0.717, 1.165) is 60.8 Å². The Bertz CT molecular complexity index is 1010. The Morgan fingerprint density at radius 3 is 2.57 bits per heavy atom. The largest absolute Gasteiger partial charge is 0.471 e. The number of rotatable bonds is 9. The Hall–Kier alpha value is -2.46. The quantitative estimate of drug-likeness (QED) is 0.465. The van der Waals surface area contributed by atoms with Gasteiger partial charge in [0.2, 0.25) is 0 Å². The van der Waals surface area contributed by atoms with Gasteiger partial charge in [-0.25, -0.2) is 9.78 Å². The van der Waals surface area contributed by atoms with Crippen LogP contribution in [0.3, 0.4) is 0 Å². The number of ether oxygens (including phenoxy) is 1. The van der Waals surface area contributed by atoms with Crippen LogP contribution in [0.25, 0.3) is 0 Å². The van der Waals surface area contributed by atoms with Crippen molar-refractivity contribution in [1.82, 2.24) is 14.8 Å². The number of hydrogen-bond donors (Lipinski definition) is 0. The van der Waals surface area contributed by atoms with E-state index >= 15 is 0 Å². The lowest BCUT2D eigenvalue weighted by Crippen LogP contribution is -2.47. The number of piperidine rings is 1. The maximum Gasteiger partial charge on any atom is 0.471 e. The topological polar surface area (TPSA) is 62.7 Å². The Kier molecular flexibility index (Phi) is 8.11. The number of esters is 1. The molecule has 1 aliphatic heterocycles. The van der Waals surface area contributed by atoms with Crippen molar-refractivity contribution in [1.29, 1.82) is 0 Å². The third kappa shape index (κ3) is 6.61. The third-order valence-electron chi connectivity index (χ3n) is 6.86. The van der Waals surface area contributed by atoms with Crippen LogP contribution in [-0.2, 0) is 16.0 Å². The maximum absolute atomic E-state index is 13.3. The Balaban J connectivity index is 1.25. The number of halogens is 3. The number of methoxy groups -OCH3 is 1. The molecule has 0 spiro atoms. The first-order valence-corrected chi connectivity index (χ1v) is 12.8. The molecule has 0 radical (unpaired) electrons. The zero-order valence-electron chi connectivity index (χ0n) is 19.7. The molecule has 6 nitrogen and oxygen atoms in total. The molecule has 4 rings (SSSR count). The first kappa shape index (κ1) is 25.6. The molecular weight excluding hydrogens is 479 g/mol. The molecule has 2 fully saturated rings. The Morgan fingerprint density at radius 2 is 1.91 bits per heavy atom. The molecule has 2 heterocycles. The predicted molar refractivity (Wildman–Crippen MR) is 126 cm³/mol. The summed E-state index contributed by atoms with van der Waals surface area (Å²) < 4.78 is 44.7. The lowest BCUT2D eigenvalue weighted by atomic mass is 9.95. The Morgan fingerprint density at radius 1 is 1.20 bits per heavy atom. The second kappa shape index (κ2) is 11.1. The number of carbonyl (C=O) groups is 2. The summed E-state index contributed by atoms with van der Waals surface area (Å²) in [5, 5.41) is 2.59. The molecule has 1 aromatic carbocycles. The number of likely N-dealkylation sites (tertiary alicyclic amines) is 1. The molecule has 1 saturated heterocycles. The fourth-order valence-corrected chi connectivity index (χ4v) is 5.67. The number of benzene rings is 1. The van der Waals surface area contributed by atoms with Gasteiger partial charge in [-0.05, 0) is 56.8 Å². The number of alkyl halides is 3. The number of aryl methyl sites for hydroxylation is 1. The third-order valence-corrected chi connectivity index (χ3v) is 7.77. The summed E-state index contributed by atoms with van der Waals surface area (Å²) >= 11 is 1.44. The molecule has 1 aliphatic carbocycles. The van der Waals surface area contributed by atoms with Gasteiger partial charge >= 0.3 is 18.1 Å². The average molecular weight is 510 g/mol. The van der Waals surface area contributed by atoms with E-state index in [1.165, 1.54) is 18.4 Å². The van der Waals surface area contributed by atoms with Gasteiger partial charge in [-0.3, -0.25) is 4.79 Å². The highest BCUT2D eigenvalue weighted by Gasteiger charge is 2.52. The molecule has 1 saturated carbocycles. The molecular formula is C25H30F3N3O3S. The van der Waals surface area contributed by atoms with Crippen LogP contribution < -0.4 is 0 Å². The van der Waals surface area contributed by atoms with Crippen molar-refractivity contribution in [2.24, 2.45) is 5.92 Å². The molecule has 0 N–H and O–H groups in total. The first-order chi connectivity index (χ1) is 16.8. The van der Waals surface area contributed by atoms with Crippen LogP contribution in [0.1, 0.15) is 52.7 Å². The first-order valence-electron chi connectivity index (χ1n) is 11.9. The Labute approximate surface area is 207 Å². The van der Waals surface area contributed by atoms with E-state index in [-0.39, 0.29) is 24.4 Å². The van der Waals surface area contributed by atoms with E-state index < -0.39 is 18.1 Å². The maximum atomic E-state index is 13.3. The van der Waals surface area contributed by atoms with Gasteiger partial charge < -0.3 is 14.5 Å². The number of amides is 1. The van der Waals surface area contributed by atoms with Crippen molar-refractivity contribution >= 4 is 23.2 Å². The molecule has 2 aliphatic rings. The minimum absolute atomic E-state index is 0.0202. The van der Waals surface area contributed by atoms with Crippen LogP contribution in [0.2, 0.25) is 0 Å². The van der Waals surface area contributed by atoms with Crippen LogP contribution in [0, 0.1) is 5.92 Å². The van der Waals surface area contributed by atoms with Gasteiger partial charge in [0.15, 0.2) is 5.69 Å². The van der Waals surface area contributed by atoms with E-state index in [1.807, 2.05) is 30.3 Å². The SMILES string of the molecule is COC(=O)c1csc(CCCN2CCC(CN(C(=O)C(F)(F)F)C3CC3c3ccccc3)CC2)n1. The number of carbonyl (C=O) groups excluding carboxylic acids is 2. The van der Waals surface area contributed by atoms with Crippen molar-refractivity contribution in [2.75, 3.05) is 33.3 Å². The zero-order valence-corrected chi connectivity index (χ0v) is 20.5. The second-order valence-electron chi connectivity index (χ2n) is 9.28. The second-order valence-corrected chi connectivity index (χ2v) is 10.2. The van der Waals surface area contributed by atoms with Gasteiger partial charge in [-0.15, -0.1) is 11.3 Å². The van der Waals surface area contributed by atoms with Gasteiger partial charge in [0, 0.05) is 30.3 Å². The van der Waals surface area contributed by atoms with Crippen molar-refractivity contribution in [2.45, 2.75) is 50.2 Å². The summed E-state index contributed by atoms with van der Waals surface area (Å²) in [6.45, 7) is 2.63. The van der Waals surface area contributed by atoms with Gasteiger partial charge in [-0.2, -0.15) is 13.2 Å². The fraction of sp³-hybridized carbons (Fsp3) is 0.560. The van der Waals surface area contributed by atoms with E-state index in [1.54, 1.807) is 5.38 Å². The molecule has 35 heavy (non-hydrogen) atoms. The van der Waals surface area contributed by atoms with Crippen LogP contribution in [0.5, 0.6) is 0 Å². The monoisotopic (exact) mass is 509 g/mol. The summed E-state index contributed by atoms with van der Waals surface area (Å²) in [7, 11) is 1.33. The number of hydrogen-bond acceptors (Lipinski definition) is 6. The smallest absolute Gasteiger partial charge is 0.464 e. The lowest BCUT2D eigenvalue weighted by molar-refractivity contribution is -0.187. The average Bonchev–Trinajstić information content (AvgIpc) is 3.51. The van der Waals surface area contributed by atoms with E-state index in [2.05, 4.69) is 14.6 Å². The summed E-state index contributed by atoms with van der Waals surface area (Å²) in [4.78, 5) is 31.5. The number of thiazole rings is 1. The van der Waals surface area contributed by atoms with Crippen molar-refractivity contribution in [3.05, 3.63) is 52.0 Å². The van der Waals surface area contributed by atoms with Crippen molar-refractivity contribution < 1.29 is 27.5 Å². The van der Waals surface area contributed by atoms with Gasteiger partial charge in [0.05, 0.1) is 12.1 Å². The molecule has 1 amide bonds. The van der Waals surface area contributed by atoms with E-state index in [0.29, 0.717) is 12.1 Å². The molecule has 10 heteroatoms. The standard InChI is InChI=1S/C25H30F3N3O3S/c1-34-23(32)20-16-35-22(29-20)8-5-11-30-12-9-17(10-13-30)15-31(24(33)25(26,27)28)21-14-19(21)18-6-3-2-4-7-18/h2-4,6-7,16-17,19,21H,5,8-15H2,1H3. The highest BCUT2D eigenvalue weighted by atomic mass is 32.1. The molecule has 190 valence electrons. The minimum Gasteiger partial charge on any atom is -0.464 e. The van der Waals surface area contributed by atoms with Gasteiger partial charge in [0.1, 0.15) is 0 Å². The molecule has 2 unspecified atom stereocenters. The number of aromatic nitrogens is 1. The predicted octanol–water partition coefficient (Wildman–Crippen LogP) is 4.52. The summed E-state index contributed by atoms with van der Waals surface area (Å²) in [6, 6.07) is 9.09. The summed E-state index contributed by atoms with van der Waals surface area (Å²) in [5.74, 6) is -2.10. The summed E-state index contributed by atoms with van der Waals surface area (Å²) in [6.07, 6.45) is -1.08. The van der Waals surface area contributed by atoms with Gasteiger partial charge in [-0.1, -0.05) is 30.3 Å². The normalized spacial score (nSPS) is 21.0. The highest BCUT2D eigenvalue weighted by molar-refractivity contribution is 7.09. The molecule has 2 atom stereocenters. The van der Waals surface area contributed by atoms with Crippen LogP contribution in [0.15, 0.2) is 35.7 Å². The van der Waals surface area contributed by atoms with Crippen molar-refractivity contribution in [3.8, 4) is 0 Å². The van der Waals surface area contributed by atoms with Gasteiger partial charge in [0.25, 0.3) is 0 Å². The minimum atomic E-state index is -4.85. The summed E-state index contributed by atoms with van der Waals surface area (Å²) in [5.41, 5.74) is 1.32. The highest BCUT2D eigenvalue weighted by Crippen LogP contribution is 2.46. The zero-order chi connectivity index (χ0) is 25.0. The molecule has 2 aromatic rings. The van der Waals surface area contributed by atoms with Crippen LogP contribution in [-0.4, -0.2) is 72.2 Å². The lowest BCUT2D eigenvalue weighted by Gasteiger charge is -2.35. The van der Waals surface area contributed by atoms with Crippen LogP contribution >= 0.6 is 11.3 Å². The van der Waals surface area contributed by atoms with E-state index in [4.69, 9.17) is 0 Å². The fourth-order valence-electron chi connectivity index (χ4n) is 4.86. The van der Waals surface area contributed by atoms with Crippen LogP contribution in [0.4, 0.5) is 13.2 Å². The van der Waals surface area contributed by atoms with E-state index in [9.17, 15) is 22.8 Å². The molecule has 0 bridgehead atoms. The number of nitrogens with zero attached hydrogens (tertiary/aromatic N) is 3.